The SMILES string of the molecule is O=S(=O)(NC(CO)(CO)CO)c1cnc(Cl)nc1. The van der Waals surface area contributed by atoms with E-state index in [1.165, 1.54) is 0 Å². The van der Waals surface area contributed by atoms with Crippen LogP contribution in [0.15, 0.2) is 17.3 Å². The van der Waals surface area contributed by atoms with E-state index in [0.717, 1.165) is 12.4 Å². The van der Waals surface area contributed by atoms with Gasteiger partial charge in [-0.1, -0.05) is 0 Å². The van der Waals surface area contributed by atoms with Gasteiger partial charge in [-0.15, -0.1) is 0 Å². The smallest absolute Gasteiger partial charge is 0.244 e. The van der Waals surface area contributed by atoms with Crippen molar-refractivity contribution < 1.29 is 23.7 Å². The molecule has 4 N–H and O–H groups in total. The van der Waals surface area contributed by atoms with E-state index in [0.29, 0.717) is 0 Å². The Morgan fingerprint density at radius 3 is 2.00 bits per heavy atom. The Labute approximate surface area is 108 Å². The molecule has 0 unspecified atom stereocenters. The van der Waals surface area contributed by atoms with Crippen molar-refractivity contribution in [3.63, 3.8) is 0 Å². The summed E-state index contributed by atoms with van der Waals surface area (Å²) in [5.74, 6) is 0. The topological polar surface area (TPSA) is 133 Å². The fraction of sp³-hybridized carbons (Fsp3) is 0.500. The summed E-state index contributed by atoms with van der Waals surface area (Å²) in [6.07, 6.45) is 1.93. The van der Waals surface area contributed by atoms with Gasteiger partial charge in [0.05, 0.1) is 32.2 Å². The predicted molar refractivity (Wildman–Crippen MR) is 61.4 cm³/mol. The first-order chi connectivity index (χ1) is 8.39. The van der Waals surface area contributed by atoms with E-state index in [1.807, 2.05) is 4.72 Å². The van der Waals surface area contributed by atoms with Crippen LogP contribution in [-0.2, 0) is 10.0 Å². The fourth-order valence-corrected chi connectivity index (χ4v) is 2.39. The molecule has 0 saturated carbocycles. The van der Waals surface area contributed by atoms with E-state index < -0.39 is 35.4 Å². The number of hydrogen-bond donors (Lipinski definition) is 4. The van der Waals surface area contributed by atoms with Gasteiger partial charge in [-0.2, -0.15) is 4.72 Å². The van der Waals surface area contributed by atoms with Crippen LogP contribution in [0.5, 0.6) is 0 Å². The summed E-state index contributed by atoms with van der Waals surface area (Å²) in [5.41, 5.74) is -1.75. The summed E-state index contributed by atoms with van der Waals surface area (Å²) in [7, 11) is -4.08. The van der Waals surface area contributed by atoms with Crippen molar-refractivity contribution in [2.24, 2.45) is 0 Å². The molecule has 0 aliphatic heterocycles. The molecule has 0 aromatic carbocycles. The van der Waals surface area contributed by atoms with Crippen molar-refractivity contribution >= 4 is 21.6 Å². The molecule has 1 aromatic rings. The lowest BCUT2D eigenvalue weighted by Crippen LogP contribution is -2.56. The summed E-state index contributed by atoms with van der Waals surface area (Å²) in [6, 6.07) is 0. The molecular formula is C8H12ClN3O5S. The molecule has 8 nitrogen and oxygen atoms in total. The molecule has 18 heavy (non-hydrogen) atoms. The number of sulfonamides is 1. The lowest BCUT2D eigenvalue weighted by molar-refractivity contribution is 0.0582. The Morgan fingerprint density at radius 2 is 1.61 bits per heavy atom. The number of rotatable bonds is 6. The molecule has 0 spiro atoms. The molecule has 0 bridgehead atoms. The largest absolute Gasteiger partial charge is 0.394 e. The van der Waals surface area contributed by atoms with Gasteiger partial charge in [-0.3, -0.25) is 0 Å². The minimum absolute atomic E-state index is 0.119. The molecule has 0 aliphatic carbocycles. The third-order valence-corrected chi connectivity index (χ3v) is 3.89. The van der Waals surface area contributed by atoms with E-state index in [9.17, 15) is 8.42 Å². The first kappa shape index (κ1) is 15.2. The lowest BCUT2D eigenvalue weighted by Gasteiger charge is -2.27. The van der Waals surface area contributed by atoms with Crippen molar-refractivity contribution in [1.29, 1.82) is 0 Å². The third kappa shape index (κ3) is 3.34. The zero-order valence-electron chi connectivity index (χ0n) is 9.11. The summed E-state index contributed by atoms with van der Waals surface area (Å²) < 4.78 is 25.7. The summed E-state index contributed by atoms with van der Waals surface area (Å²) in [6.45, 7) is -2.31. The Morgan fingerprint density at radius 1 is 1.17 bits per heavy atom. The van der Waals surface area contributed by atoms with Crippen LogP contribution in [0.1, 0.15) is 0 Å². The van der Waals surface area contributed by atoms with Gasteiger partial charge in [0.25, 0.3) is 0 Å². The number of hydrogen-bond acceptors (Lipinski definition) is 7. The molecule has 0 amide bonds. The highest BCUT2D eigenvalue weighted by Crippen LogP contribution is 2.12. The van der Waals surface area contributed by atoms with Gasteiger partial charge in [0, 0.05) is 0 Å². The van der Waals surface area contributed by atoms with Gasteiger partial charge in [-0.25, -0.2) is 18.4 Å². The van der Waals surface area contributed by atoms with Crippen LogP contribution >= 0.6 is 11.6 Å². The van der Waals surface area contributed by atoms with Gasteiger partial charge >= 0.3 is 0 Å². The molecule has 0 saturated heterocycles. The van der Waals surface area contributed by atoms with Crippen molar-refractivity contribution in [2.75, 3.05) is 19.8 Å². The summed E-state index contributed by atoms with van der Waals surface area (Å²) >= 11 is 5.42. The van der Waals surface area contributed by atoms with Gasteiger partial charge in [0.2, 0.25) is 15.3 Å². The minimum Gasteiger partial charge on any atom is -0.394 e. The van der Waals surface area contributed by atoms with Crippen molar-refractivity contribution in [3.05, 3.63) is 17.7 Å². The Balaban J connectivity index is 3.04. The van der Waals surface area contributed by atoms with E-state index in [1.54, 1.807) is 0 Å². The molecule has 1 aromatic heterocycles. The van der Waals surface area contributed by atoms with Crippen molar-refractivity contribution in [1.82, 2.24) is 14.7 Å². The molecule has 0 atom stereocenters. The quantitative estimate of drug-likeness (QED) is 0.452. The van der Waals surface area contributed by atoms with Gasteiger partial charge < -0.3 is 15.3 Å². The van der Waals surface area contributed by atoms with E-state index in [2.05, 4.69) is 9.97 Å². The molecule has 102 valence electrons. The van der Waals surface area contributed by atoms with Crippen LogP contribution in [0.4, 0.5) is 0 Å². The minimum atomic E-state index is -4.08. The second-order valence-electron chi connectivity index (χ2n) is 3.55. The molecular weight excluding hydrogens is 286 g/mol. The van der Waals surface area contributed by atoms with Gasteiger partial charge in [0.1, 0.15) is 10.4 Å². The average Bonchev–Trinajstić information content (AvgIpc) is 2.37. The maximum absolute atomic E-state index is 11.9. The standard InChI is InChI=1S/C8H12ClN3O5S/c9-7-10-1-6(2-11-7)18(16,17)12-8(3-13,4-14)5-15/h1-2,12-15H,3-5H2. The molecule has 0 radical (unpaired) electrons. The van der Waals surface area contributed by atoms with Gasteiger partial charge in [-0.05, 0) is 11.6 Å². The highest BCUT2D eigenvalue weighted by atomic mass is 35.5. The predicted octanol–water partition coefficient (Wildman–Crippen LogP) is -1.88. The van der Waals surface area contributed by atoms with Crippen LogP contribution in [0.2, 0.25) is 5.28 Å². The first-order valence-electron chi connectivity index (χ1n) is 4.73. The fourth-order valence-electron chi connectivity index (χ4n) is 1.03. The van der Waals surface area contributed by atoms with Crippen LogP contribution in [0, 0.1) is 0 Å². The highest BCUT2D eigenvalue weighted by molar-refractivity contribution is 7.89. The molecule has 10 heteroatoms. The zero-order valence-corrected chi connectivity index (χ0v) is 10.7. The Kier molecular flexibility index (Phi) is 4.96. The van der Waals surface area contributed by atoms with Crippen molar-refractivity contribution in [2.45, 2.75) is 10.4 Å². The van der Waals surface area contributed by atoms with Crippen LogP contribution < -0.4 is 4.72 Å². The van der Waals surface area contributed by atoms with Gasteiger partial charge in [0.15, 0.2) is 0 Å². The van der Waals surface area contributed by atoms with Crippen LogP contribution in [-0.4, -0.2) is 59.1 Å². The van der Waals surface area contributed by atoms with Crippen LogP contribution in [0.25, 0.3) is 0 Å². The maximum Gasteiger partial charge on any atom is 0.244 e. The second kappa shape index (κ2) is 5.87. The number of aliphatic hydroxyl groups excluding tert-OH is 3. The third-order valence-electron chi connectivity index (χ3n) is 2.17. The number of halogens is 1. The van der Waals surface area contributed by atoms with Crippen molar-refractivity contribution in [3.8, 4) is 0 Å². The normalized spacial score (nSPS) is 12.7. The second-order valence-corrected chi connectivity index (χ2v) is 5.57. The average molecular weight is 298 g/mol. The summed E-state index contributed by atoms with van der Waals surface area (Å²) in [4.78, 5) is 6.70. The molecule has 1 heterocycles. The Bertz CT molecular complexity index is 480. The monoisotopic (exact) mass is 297 g/mol. The number of nitrogens with one attached hydrogen (secondary N) is 1. The zero-order chi connectivity index (χ0) is 13.8. The van der Waals surface area contributed by atoms with E-state index in [-0.39, 0.29) is 10.2 Å². The number of nitrogens with zero attached hydrogens (tertiary/aromatic N) is 2. The first-order valence-corrected chi connectivity index (χ1v) is 6.59. The number of aliphatic hydroxyl groups is 3. The maximum atomic E-state index is 11.9. The van der Waals surface area contributed by atoms with Crippen LogP contribution in [0.3, 0.4) is 0 Å². The Hall–Kier alpha value is -0.840. The number of aromatic nitrogens is 2. The molecule has 0 fully saturated rings. The van der Waals surface area contributed by atoms with E-state index >= 15 is 0 Å². The highest BCUT2D eigenvalue weighted by Gasteiger charge is 2.34. The molecule has 1 rings (SSSR count). The lowest BCUT2D eigenvalue weighted by atomic mass is 10.1. The van der Waals surface area contributed by atoms with E-state index in [4.69, 9.17) is 26.9 Å². The molecule has 0 aliphatic rings. The summed E-state index contributed by atoms with van der Waals surface area (Å²) in [5, 5.41) is 27.0.